The van der Waals surface area contributed by atoms with Gasteiger partial charge in [-0.05, 0) is 30.2 Å². The largest absolute Gasteiger partial charge is 0.361 e. The first kappa shape index (κ1) is 14.8. The van der Waals surface area contributed by atoms with Crippen molar-refractivity contribution >= 4 is 23.2 Å². The summed E-state index contributed by atoms with van der Waals surface area (Å²) in [7, 11) is 0. The molecule has 0 saturated carbocycles. The van der Waals surface area contributed by atoms with Gasteiger partial charge in [0, 0.05) is 10.6 Å². The number of rotatable bonds is 2. The van der Waals surface area contributed by atoms with Gasteiger partial charge in [0.05, 0.1) is 23.1 Å². The lowest BCUT2D eigenvalue weighted by Crippen LogP contribution is -2.38. The molecule has 0 unspecified atom stereocenters. The third-order valence-corrected chi connectivity index (χ3v) is 4.37. The Labute approximate surface area is 144 Å². The predicted octanol–water partition coefficient (Wildman–Crippen LogP) is 3.89. The molecule has 1 aromatic heterocycles. The number of aryl methyl sites for hydroxylation is 1. The number of benzene rings is 2. The van der Waals surface area contributed by atoms with Gasteiger partial charge in [-0.3, -0.25) is 9.89 Å². The van der Waals surface area contributed by atoms with Crippen LogP contribution in [0.1, 0.15) is 27.7 Å². The molecule has 1 atom stereocenters. The monoisotopic (exact) mass is 338 g/mol. The molecule has 5 nitrogen and oxygen atoms in total. The van der Waals surface area contributed by atoms with Gasteiger partial charge in [0.1, 0.15) is 6.17 Å². The Kier molecular flexibility index (Phi) is 3.50. The zero-order valence-corrected chi connectivity index (χ0v) is 13.7. The quantitative estimate of drug-likeness (QED) is 0.664. The van der Waals surface area contributed by atoms with Crippen molar-refractivity contribution in [3.05, 3.63) is 70.4 Å². The van der Waals surface area contributed by atoms with E-state index >= 15 is 0 Å². The van der Waals surface area contributed by atoms with E-state index < -0.39 is 0 Å². The van der Waals surface area contributed by atoms with Crippen LogP contribution in [0.4, 0.5) is 5.69 Å². The van der Waals surface area contributed by atoms with Crippen molar-refractivity contribution in [2.24, 2.45) is 0 Å². The second kappa shape index (κ2) is 5.69. The number of hydrogen-bond donors (Lipinski definition) is 3. The van der Waals surface area contributed by atoms with Gasteiger partial charge in [-0.15, -0.1) is 0 Å². The number of aromatic amines is 1. The summed E-state index contributed by atoms with van der Waals surface area (Å²) in [6.07, 6.45) is 1.37. The molecule has 0 aliphatic carbocycles. The Hall–Kier alpha value is -2.79. The SMILES string of the molecule is Cc1cc(Cl)cc2c1N[C@H](c1cn[nH]c1-c1ccccc1)NC2=O. The molecular weight excluding hydrogens is 324 g/mol. The number of carbonyl (C=O) groups is 1. The summed E-state index contributed by atoms with van der Waals surface area (Å²) in [4.78, 5) is 12.5. The Morgan fingerprint density at radius 3 is 2.71 bits per heavy atom. The third kappa shape index (κ3) is 2.43. The molecule has 0 bridgehead atoms. The van der Waals surface area contributed by atoms with Gasteiger partial charge >= 0.3 is 0 Å². The molecule has 120 valence electrons. The summed E-state index contributed by atoms with van der Waals surface area (Å²) >= 11 is 6.07. The number of hydrogen-bond acceptors (Lipinski definition) is 3. The Morgan fingerprint density at radius 1 is 1.12 bits per heavy atom. The van der Waals surface area contributed by atoms with Crippen molar-refractivity contribution in [2.45, 2.75) is 13.1 Å². The van der Waals surface area contributed by atoms with E-state index in [0.29, 0.717) is 10.6 Å². The number of amides is 1. The average molecular weight is 339 g/mol. The molecule has 3 aromatic rings. The zero-order chi connectivity index (χ0) is 16.7. The second-order valence-electron chi connectivity index (χ2n) is 5.76. The number of nitrogens with zero attached hydrogens (tertiary/aromatic N) is 1. The maximum atomic E-state index is 12.5. The van der Waals surface area contributed by atoms with Crippen molar-refractivity contribution in [2.75, 3.05) is 5.32 Å². The number of fused-ring (bicyclic) bond motifs is 1. The first-order valence-electron chi connectivity index (χ1n) is 7.59. The fourth-order valence-electron chi connectivity index (χ4n) is 3.01. The number of H-pyrrole nitrogens is 1. The van der Waals surface area contributed by atoms with Crippen LogP contribution in [0.25, 0.3) is 11.3 Å². The van der Waals surface area contributed by atoms with Crippen LogP contribution in [0.2, 0.25) is 5.02 Å². The molecule has 6 heteroatoms. The van der Waals surface area contributed by atoms with Crippen LogP contribution in [0.3, 0.4) is 0 Å². The maximum Gasteiger partial charge on any atom is 0.255 e. The first-order valence-corrected chi connectivity index (χ1v) is 7.97. The second-order valence-corrected chi connectivity index (χ2v) is 6.20. The number of aromatic nitrogens is 2. The van der Waals surface area contributed by atoms with Crippen LogP contribution in [-0.4, -0.2) is 16.1 Å². The molecule has 4 rings (SSSR count). The molecular formula is C18H15ClN4O. The maximum absolute atomic E-state index is 12.5. The lowest BCUT2D eigenvalue weighted by Gasteiger charge is -2.29. The highest BCUT2D eigenvalue weighted by molar-refractivity contribution is 6.31. The van der Waals surface area contributed by atoms with Gasteiger partial charge in [-0.25, -0.2) is 0 Å². The van der Waals surface area contributed by atoms with Crippen molar-refractivity contribution in [1.29, 1.82) is 0 Å². The van der Waals surface area contributed by atoms with Crippen molar-refractivity contribution in [1.82, 2.24) is 15.5 Å². The topological polar surface area (TPSA) is 69.8 Å². The molecule has 1 aliphatic rings. The summed E-state index contributed by atoms with van der Waals surface area (Å²) in [5.41, 5.74) is 5.06. The van der Waals surface area contributed by atoms with Crippen LogP contribution in [0, 0.1) is 6.92 Å². The smallest absolute Gasteiger partial charge is 0.255 e. The molecule has 0 fully saturated rings. The van der Waals surface area contributed by atoms with Gasteiger partial charge in [0.15, 0.2) is 0 Å². The van der Waals surface area contributed by atoms with Crippen molar-refractivity contribution in [3.8, 4) is 11.3 Å². The molecule has 1 amide bonds. The minimum atomic E-state index is -0.362. The first-order chi connectivity index (χ1) is 11.6. The highest BCUT2D eigenvalue weighted by Crippen LogP contribution is 2.34. The summed E-state index contributed by atoms with van der Waals surface area (Å²) in [6, 6.07) is 13.4. The minimum absolute atomic E-state index is 0.153. The fourth-order valence-corrected chi connectivity index (χ4v) is 3.28. The molecule has 24 heavy (non-hydrogen) atoms. The van der Waals surface area contributed by atoms with E-state index in [4.69, 9.17) is 11.6 Å². The summed E-state index contributed by atoms with van der Waals surface area (Å²) in [5.74, 6) is -0.153. The standard InChI is InChI=1S/C18H15ClN4O/c1-10-7-12(19)8-13-15(10)21-17(22-18(13)24)14-9-20-23-16(14)11-5-3-2-4-6-11/h2-9,17,21H,1H3,(H,20,23)(H,22,24)/t17-/m0/s1. The Bertz CT molecular complexity index is 920. The average Bonchev–Trinajstić information content (AvgIpc) is 3.06. The molecule has 2 heterocycles. The highest BCUT2D eigenvalue weighted by atomic mass is 35.5. The van der Waals surface area contributed by atoms with E-state index in [2.05, 4.69) is 20.8 Å². The van der Waals surface area contributed by atoms with Crippen molar-refractivity contribution < 1.29 is 4.79 Å². The van der Waals surface area contributed by atoms with Crippen LogP contribution in [-0.2, 0) is 0 Å². The van der Waals surface area contributed by atoms with E-state index in [0.717, 1.165) is 28.1 Å². The molecule has 1 aliphatic heterocycles. The summed E-state index contributed by atoms with van der Waals surface area (Å²) < 4.78 is 0. The van der Waals surface area contributed by atoms with Gasteiger partial charge in [0.25, 0.3) is 5.91 Å². The van der Waals surface area contributed by atoms with E-state index in [9.17, 15) is 4.79 Å². The lowest BCUT2D eigenvalue weighted by atomic mass is 10.0. The van der Waals surface area contributed by atoms with Gasteiger partial charge < -0.3 is 10.6 Å². The number of carbonyl (C=O) groups excluding carboxylic acids is 1. The summed E-state index contributed by atoms with van der Waals surface area (Å²) in [5, 5.41) is 14.1. The minimum Gasteiger partial charge on any atom is -0.361 e. The number of anilines is 1. The molecule has 0 spiro atoms. The van der Waals surface area contributed by atoms with E-state index in [1.54, 1.807) is 12.3 Å². The van der Waals surface area contributed by atoms with Gasteiger partial charge in [-0.2, -0.15) is 5.10 Å². The van der Waals surface area contributed by atoms with Gasteiger partial charge in [0.2, 0.25) is 0 Å². The van der Waals surface area contributed by atoms with E-state index in [1.807, 2.05) is 43.3 Å². The molecule has 3 N–H and O–H groups in total. The van der Waals surface area contributed by atoms with Crippen LogP contribution < -0.4 is 10.6 Å². The molecule has 0 radical (unpaired) electrons. The van der Waals surface area contributed by atoms with E-state index in [-0.39, 0.29) is 12.1 Å². The number of nitrogens with one attached hydrogen (secondary N) is 3. The summed E-state index contributed by atoms with van der Waals surface area (Å²) in [6.45, 7) is 1.93. The van der Waals surface area contributed by atoms with Crippen LogP contribution in [0.15, 0.2) is 48.7 Å². The number of halogens is 1. The van der Waals surface area contributed by atoms with Crippen molar-refractivity contribution in [3.63, 3.8) is 0 Å². The predicted molar refractivity (Wildman–Crippen MR) is 94.0 cm³/mol. The Morgan fingerprint density at radius 2 is 1.92 bits per heavy atom. The Balaban J connectivity index is 1.76. The molecule has 2 aromatic carbocycles. The molecule has 0 saturated heterocycles. The van der Waals surface area contributed by atoms with Crippen LogP contribution in [0.5, 0.6) is 0 Å². The lowest BCUT2D eigenvalue weighted by molar-refractivity contribution is 0.0935. The fraction of sp³-hybridized carbons (Fsp3) is 0.111. The van der Waals surface area contributed by atoms with E-state index in [1.165, 1.54) is 0 Å². The zero-order valence-electron chi connectivity index (χ0n) is 12.9. The normalized spacial score (nSPS) is 16.2. The van der Waals surface area contributed by atoms with Crippen LogP contribution >= 0.6 is 11.6 Å². The van der Waals surface area contributed by atoms with Gasteiger partial charge in [-0.1, -0.05) is 41.9 Å². The highest BCUT2D eigenvalue weighted by Gasteiger charge is 2.28. The third-order valence-electron chi connectivity index (χ3n) is 4.15.